The summed E-state index contributed by atoms with van der Waals surface area (Å²) in [5.41, 5.74) is 7.19. The van der Waals surface area contributed by atoms with E-state index in [1.807, 2.05) is 0 Å². The highest BCUT2D eigenvalue weighted by Crippen LogP contribution is 2.45. The Hall–Kier alpha value is -3.87. The van der Waals surface area contributed by atoms with Crippen LogP contribution in [0.5, 0.6) is 5.75 Å². The minimum Gasteiger partial charge on any atom is -0.507 e. The summed E-state index contributed by atoms with van der Waals surface area (Å²) in [6.45, 7) is 0. The van der Waals surface area contributed by atoms with E-state index >= 15 is 0 Å². The standard InChI is InChI=1S/C19H14BN7O7S2/c20-18-22-8-23-19(25-18)24-10-1-3-11(4-2-10)26-27-17-15-9(6-14(16(17)21)35-34-33-29)5-12(7-13(15)28)36(30,31)32/h1-8,28-29H,21H2,(H,30,31,32)(H,22,23,24,25). The van der Waals surface area contributed by atoms with Crippen molar-refractivity contribution >= 4 is 75.2 Å². The molecule has 0 fully saturated rings. The number of nitrogen functional groups attached to an aromatic ring is 1. The second kappa shape index (κ2) is 10.4. The molecule has 6 N–H and O–H groups in total. The Balaban J connectivity index is 1.72. The van der Waals surface area contributed by atoms with Gasteiger partial charge >= 0.3 is 0 Å². The molecule has 0 spiro atoms. The first-order valence-corrected chi connectivity index (χ1v) is 11.8. The smallest absolute Gasteiger partial charge is 0.294 e. The van der Waals surface area contributed by atoms with Gasteiger partial charge in [-0.05, 0) is 41.8 Å². The molecule has 4 aromatic rings. The molecular formula is C19H14BN7O7S2. The SMILES string of the molecule is [B]c1ncnc(Nc2ccc(N=Nc3c(N)c(SOOO)cc4cc(S(=O)(=O)O)cc(O)c34)cc2)n1. The number of aromatic nitrogens is 3. The molecule has 0 saturated carbocycles. The lowest BCUT2D eigenvalue weighted by Gasteiger charge is -2.12. The number of nitrogens with two attached hydrogens (primary N) is 1. The fraction of sp³-hybridized carbons (Fsp3) is 0. The van der Waals surface area contributed by atoms with Gasteiger partial charge in [0.25, 0.3) is 10.1 Å². The number of rotatable bonds is 8. The number of aromatic hydroxyl groups is 1. The molecule has 2 radical (unpaired) electrons. The number of hydrogen-bond acceptors (Lipinski definition) is 14. The zero-order valence-corrected chi connectivity index (χ0v) is 19.4. The van der Waals surface area contributed by atoms with E-state index in [0.29, 0.717) is 23.4 Å². The van der Waals surface area contributed by atoms with E-state index in [4.69, 9.17) is 18.8 Å². The highest BCUT2D eigenvalue weighted by Gasteiger charge is 2.20. The van der Waals surface area contributed by atoms with E-state index < -0.39 is 20.8 Å². The molecule has 0 aliphatic carbocycles. The number of benzene rings is 3. The van der Waals surface area contributed by atoms with Crippen LogP contribution in [0.4, 0.5) is 28.7 Å². The fourth-order valence-corrected chi connectivity index (χ4v) is 4.06. The first kappa shape index (κ1) is 25.2. The lowest BCUT2D eigenvalue weighted by molar-refractivity contribution is -0.432. The van der Waals surface area contributed by atoms with Gasteiger partial charge in [-0.25, -0.2) is 20.2 Å². The van der Waals surface area contributed by atoms with Gasteiger partial charge in [-0.2, -0.15) is 13.5 Å². The van der Waals surface area contributed by atoms with Crippen LogP contribution in [0.2, 0.25) is 0 Å². The number of azo groups is 1. The molecule has 0 atom stereocenters. The topological polar surface area (TPSA) is 215 Å². The van der Waals surface area contributed by atoms with E-state index in [1.165, 1.54) is 12.4 Å². The monoisotopic (exact) mass is 527 g/mol. The number of anilines is 3. The second-order valence-corrected chi connectivity index (χ2v) is 9.08. The number of nitrogens with one attached hydrogen (secondary N) is 1. The fourth-order valence-electron chi connectivity index (χ4n) is 3.06. The van der Waals surface area contributed by atoms with Crippen LogP contribution in [0.1, 0.15) is 0 Å². The second-order valence-electron chi connectivity index (χ2n) is 6.92. The van der Waals surface area contributed by atoms with E-state index in [0.717, 1.165) is 12.1 Å². The third kappa shape index (κ3) is 5.68. The van der Waals surface area contributed by atoms with Crippen molar-refractivity contribution in [3.63, 3.8) is 0 Å². The third-order valence-electron chi connectivity index (χ3n) is 4.60. The number of phenols is 1. The molecule has 36 heavy (non-hydrogen) atoms. The number of fused-ring (bicyclic) bond motifs is 1. The zero-order chi connectivity index (χ0) is 25.9. The normalized spacial score (nSPS) is 11.8. The van der Waals surface area contributed by atoms with Gasteiger partial charge in [0.2, 0.25) is 5.95 Å². The summed E-state index contributed by atoms with van der Waals surface area (Å²) in [6, 6.07) is 9.87. The van der Waals surface area contributed by atoms with Gasteiger partial charge in [0.15, 0.2) is 7.85 Å². The van der Waals surface area contributed by atoms with Crippen molar-refractivity contribution in [1.29, 1.82) is 0 Å². The molecule has 1 aromatic heterocycles. The average molecular weight is 527 g/mol. The van der Waals surface area contributed by atoms with Crippen molar-refractivity contribution in [2.75, 3.05) is 11.1 Å². The quantitative estimate of drug-likeness (QED) is 0.0424. The zero-order valence-electron chi connectivity index (χ0n) is 17.8. The predicted molar refractivity (Wildman–Crippen MR) is 130 cm³/mol. The molecule has 0 aliphatic rings. The first-order chi connectivity index (χ1) is 17.2. The Morgan fingerprint density at radius 1 is 1.11 bits per heavy atom. The van der Waals surface area contributed by atoms with Crippen molar-refractivity contribution in [1.82, 2.24) is 15.0 Å². The molecule has 0 aliphatic heterocycles. The molecule has 0 amide bonds. The van der Waals surface area contributed by atoms with Crippen LogP contribution < -0.4 is 16.8 Å². The van der Waals surface area contributed by atoms with Gasteiger partial charge in [-0.1, -0.05) is 5.04 Å². The number of hydrogen-bond donors (Lipinski definition) is 5. The van der Waals surface area contributed by atoms with Crippen LogP contribution in [0.3, 0.4) is 0 Å². The minimum absolute atomic E-state index is 0.0195. The van der Waals surface area contributed by atoms with E-state index in [1.54, 1.807) is 24.3 Å². The van der Waals surface area contributed by atoms with E-state index in [-0.39, 0.29) is 38.7 Å². The summed E-state index contributed by atoms with van der Waals surface area (Å²) in [4.78, 5) is 11.2. The molecule has 0 unspecified atom stereocenters. The molecular weight excluding hydrogens is 513 g/mol. The van der Waals surface area contributed by atoms with Gasteiger partial charge < -0.3 is 16.2 Å². The summed E-state index contributed by atoms with van der Waals surface area (Å²) in [6.07, 6.45) is 1.26. The van der Waals surface area contributed by atoms with Gasteiger partial charge in [0.1, 0.15) is 17.8 Å². The van der Waals surface area contributed by atoms with Gasteiger partial charge in [-0.3, -0.25) is 4.55 Å². The Morgan fingerprint density at radius 2 is 1.86 bits per heavy atom. The molecule has 1 heterocycles. The highest BCUT2D eigenvalue weighted by atomic mass is 32.2. The first-order valence-electron chi connectivity index (χ1n) is 9.60. The van der Waals surface area contributed by atoms with Crippen molar-refractivity contribution in [2.24, 2.45) is 10.2 Å². The van der Waals surface area contributed by atoms with E-state index in [2.05, 4.69) is 39.9 Å². The Bertz CT molecular complexity index is 1570. The molecule has 17 heteroatoms. The van der Waals surface area contributed by atoms with Crippen LogP contribution in [-0.4, -0.2) is 46.1 Å². The summed E-state index contributed by atoms with van der Waals surface area (Å²) in [5, 5.41) is 34.0. The van der Waals surface area contributed by atoms with E-state index in [9.17, 15) is 18.1 Å². The Morgan fingerprint density at radius 3 is 2.53 bits per heavy atom. The van der Waals surface area contributed by atoms with Crippen molar-refractivity contribution in [2.45, 2.75) is 9.79 Å². The maximum atomic E-state index is 11.6. The van der Waals surface area contributed by atoms with Crippen LogP contribution in [0.15, 0.2) is 68.8 Å². The average Bonchev–Trinajstić information content (AvgIpc) is 2.82. The van der Waals surface area contributed by atoms with Crippen molar-refractivity contribution < 1.29 is 32.7 Å². The van der Waals surface area contributed by atoms with Crippen LogP contribution >= 0.6 is 12.0 Å². The van der Waals surface area contributed by atoms with Gasteiger partial charge in [0.05, 0.1) is 44.3 Å². The minimum atomic E-state index is -4.63. The number of phenolic OH excluding ortho intramolecular Hbond substituents is 1. The summed E-state index contributed by atoms with van der Waals surface area (Å²) in [5.74, 6) is -0.271. The third-order valence-corrected chi connectivity index (χ3v) is 6.07. The van der Waals surface area contributed by atoms with Gasteiger partial charge in [-0.15, -0.1) is 9.45 Å². The van der Waals surface area contributed by atoms with Gasteiger partial charge in [0, 0.05) is 11.8 Å². The lowest BCUT2D eigenvalue weighted by Crippen LogP contribution is -2.15. The summed E-state index contributed by atoms with van der Waals surface area (Å²) in [7, 11) is 0.905. The lowest BCUT2D eigenvalue weighted by atomic mass is 10.1. The molecule has 14 nitrogen and oxygen atoms in total. The van der Waals surface area contributed by atoms with Crippen LogP contribution in [0.25, 0.3) is 10.8 Å². The predicted octanol–water partition coefficient (Wildman–Crippen LogP) is 2.94. The van der Waals surface area contributed by atoms with Crippen molar-refractivity contribution in [3.05, 3.63) is 48.8 Å². The molecule has 182 valence electrons. The summed E-state index contributed by atoms with van der Waals surface area (Å²) < 4.78 is 37.0. The largest absolute Gasteiger partial charge is 0.507 e. The maximum absolute atomic E-state index is 11.6. The maximum Gasteiger partial charge on any atom is 0.294 e. The molecule has 3 aromatic carbocycles. The molecule has 0 saturated heterocycles. The highest BCUT2D eigenvalue weighted by molar-refractivity contribution is 7.94. The Kier molecular flexibility index (Phi) is 7.29. The molecule has 0 bridgehead atoms. The molecule has 4 rings (SSSR count). The Labute approximate surface area is 208 Å². The van der Waals surface area contributed by atoms with Crippen LogP contribution in [-0.2, 0) is 19.5 Å². The number of nitrogens with zero attached hydrogens (tertiary/aromatic N) is 5. The van der Waals surface area contributed by atoms with Crippen molar-refractivity contribution in [3.8, 4) is 5.75 Å². The van der Waals surface area contributed by atoms with Crippen LogP contribution in [0, 0.1) is 0 Å². The summed E-state index contributed by atoms with van der Waals surface area (Å²) >= 11 is 0.495.